The lowest BCUT2D eigenvalue weighted by molar-refractivity contribution is -0.125. The maximum absolute atomic E-state index is 12.8. The average molecular weight is 387 g/mol. The summed E-state index contributed by atoms with van der Waals surface area (Å²) in [7, 11) is 0. The number of amides is 1. The number of aromatic nitrogens is 3. The monoisotopic (exact) mass is 387 g/mol. The van der Waals surface area contributed by atoms with E-state index < -0.39 is 5.54 Å². The van der Waals surface area contributed by atoms with Crippen LogP contribution in [0.2, 0.25) is 0 Å². The van der Waals surface area contributed by atoms with E-state index in [0.717, 1.165) is 22.5 Å². The zero-order valence-electron chi connectivity index (χ0n) is 16.1. The summed E-state index contributed by atoms with van der Waals surface area (Å²) >= 11 is 0. The minimum Gasteiger partial charge on any atom is -0.377 e. The van der Waals surface area contributed by atoms with Crippen molar-refractivity contribution in [3.63, 3.8) is 0 Å². The second-order valence-corrected chi connectivity index (χ2v) is 7.26. The Kier molecular flexibility index (Phi) is 4.24. The molecule has 1 atom stereocenters. The summed E-state index contributed by atoms with van der Waals surface area (Å²) in [5, 5.41) is 2.98. The summed E-state index contributed by atoms with van der Waals surface area (Å²) in [5.41, 5.74) is 2.84. The van der Waals surface area contributed by atoms with Crippen LogP contribution in [0.3, 0.4) is 0 Å². The Hall–Kier alpha value is -3.32. The molecule has 0 saturated carbocycles. The summed E-state index contributed by atoms with van der Waals surface area (Å²) < 4.78 is 5.66. The van der Waals surface area contributed by atoms with Crippen LogP contribution in [0, 0.1) is 0 Å². The number of morpholine rings is 1. The van der Waals surface area contributed by atoms with Crippen LogP contribution in [0.4, 0.5) is 11.5 Å². The first-order valence-electron chi connectivity index (χ1n) is 9.76. The Bertz CT molecular complexity index is 1070. The molecule has 29 heavy (non-hydrogen) atoms. The maximum atomic E-state index is 12.8. The fraction of sp³-hybridized carbons (Fsp3) is 0.273. The fourth-order valence-corrected chi connectivity index (χ4v) is 4.11. The Morgan fingerprint density at radius 1 is 1.17 bits per heavy atom. The zero-order valence-corrected chi connectivity index (χ0v) is 16.1. The van der Waals surface area contributed by atoms with E-state index in [1.165, 1.54) is 0 Å². The van der Waals surface area contributed by atoms with E-state index in [4.69, 9.17) is 9.72 Å². The number of pyridine rings is 1. The third-order valence-electron chi connectivity index (χ3n) is 5.74. The first-order valence-corrected chi connectivity index (χ1v) is 9.76. The number of hydrogen-bond donors (Lipinski definition) is 1. The molecule has 7 heteroatoms. The molecular formula is C22H21N5O2. The van der Waals surface area contributed by atoms with E-state index in [2.05, 4.69) is 20.2 Å². The highest BCUT2D eigenvalue weighted by atomic mass is 16.5. The third-order valence-corrected chi connectivity index (χ3v) is 5.74. The number of carbonyl (C=O) groups is 1. The highest BCUT2D eigenvalue weighted by molar-refractivity contribution is 6.06. The zero-order chi connectivity index (χ0) is 19.8. The topological polar surface area (TPSA) is 80.2 Å². The summed E-state index contributed by atoms with van der Waals surface area (Å²) in [5.74, 6) is 1.30. The minimum absolute atomic E-state index is 0.0579. The number of benzene rings is 1. The summed E-state index contributed by atoms with van der Waals surface area (Å²) in [6.07, 6.45) is 5.92. The van der Waals surface area contributed by atoms with Crippen LogP contribution < -0.4 is 10.2 Å². The van der Waals surface area contributed by atoms with Crippen LogP contribution in [0.5, 0.6) is 0 Å². The Morgan fingerprint density at radius 2 is 2.03 bits per heavy atom. The molecule has 0 spiro atoms. The van der Waals surface area contributed by atoms with Gasteiger partial charge in [-0.05, 0) is 18.1 Å². The molecule has 2 aliphatic heterocycles. The standard InChI is InChI=1S/C22H21N5O2/c1-2-22-14-29-11-10-27(22)20-18(25-21(22)28)13-24-19(26-20)16-8-9-23-12-17(16)15-6-4-3-5-7-15/h3-9,12-13H,2,10-11,14H2,1H3,(H,25,28)/t22-/m1/s1. The lowest BCUT2D eigenvalue weighted by atomic mass is 9.90. The van der Waals surface area contributed by atoms with E-state index in [1.807, 2.05) is 49.5 Å². The lowest BCUT2D eigenvalue weighted by Gasteiger charge is -2.48. The van der Waals surface area contributed by atoms with E-state index in [1.54, 1.807) is 12.4 Å². The molecule has 0 radical (unpaired) electrons. The molecule has 1 N–H and O–H groups in total. The highest BCUT2D eigenvalue weighted by Crippen LogP contribution is 2.40. The van der Waals surface area contributed by atoms with Crippen molar-refractivity contribution in [3.05, 3.63) is 55.0 Å². The Balaban J connectivity index is 1.64. The Labute approximate surface area is 168 Å². The smallest absolute Gasteiger partial charge is 0.252 e. The van der Waals surface area contributed by atoms with Crippen molar-refractivity contribution in [2.75, 3.05) is 30.0 Å². The van der Waals surface area contributed by atoms with Crippen molar-refractivity contribution in [1.29, 1.82) is 0 Å². The van der Waals surface area contributed by atoms with Crippen molar-refractivity contribution < 1.29 is 9.53 Å². The van der Waals surface area contributed by atoms with E-state index in [-0.39, 0.29) is 5.91 Å². The quantitative estimate of drug-likeness (QED) is 0.744. The molecule has 1 amide bonds. The van der Waals surface area contributed by atoms with Gasteiger partial charge in [0.1, 0.15) is 11.2 Å². The second kappa shape index (κ2) is 6.93. The first-order chi connectivity index (χ1) is 14.2. The van der Waals surface area contributed by atoms with Gasteiger partial charge in [0.25, 0.3) is 5.91 Å². The van der Waals surface area contributed by atoms with Crippen molar-refractivity contribution in [3.8, 4) is 22.5 Å². The number of nitrogens with one attached hydrogen (secondary N) is 1. The molecule has 2 aliphatic rings. The van der Waals surface area contributed by atoms with E-state index in [9.17, 15) is 4.79 Å². The van der Waals surface area contributed by atoms with Crippen LogP contribution in [0.15, 0.2) is 55.0 Å². The van der Waals surface area contributed by atoms with Gasteiger partial charge in [0.05, 0.1) is 19.4 Å². The van der Waals surface area contributed by atoms with Crippen LogP contribution in [0.25, 0.3) is 22.5 Å². The molecule has 4 heterocycles. The van der Waals surface area contributed by atoms with Crippen molar-refractivity contribution >= 4 is 17.4 Å². The first kappa shape index (κ1) is 17.8. The normalized spacial score (nSPS) is 20.6. The average Bonchev–Trinajstić information content (AvgIpc) is 2.79. The molecule has 1 saturated heterocycles. The van der Waals surface area contributed by atoms with Crippen molar-refractivity contribution in [2.45, 2.75) is 18.9 Å². The molecule has 0 aliphatic carbocycles. The van der Waals surface area contributed by atoms with Gasteiger partial charge < -0.3 is 15.0 Å². The summed E-state index contributed by atoms with van der Waals surface area (Å²) in [4.78, 5) is 28.7. The van der Waals surface area contributed by atoms with Crippen LogP contribution in [0.1, 0.15) is 13.3 Å². The number of anilines is 2. The number of ether oxygens (including phenoxy) is 1. The molecule has 7 nitrogen and oxygen atoms in total. The number of carbonyl (C=O) groups excluding carboxylic acids is 1. The molecule has 1 fully saturated rings. The van der Waals surface area contributed by atoms with Gasteiger partial charge in [0.2, 0.25) is 0 Å². The molecule has 0 unspecified atom stereocenters. The van der Waals surface area contributed by atoms with Gasteiger partial charge in [-0.1, -0.05) is 37.3 Å². The molecule has 146 valence electrons. The van der Waals surface area contributed by atoms with Crippen LogP contribution in [-0.4, -0.2) is 46.2 Å². The highest BCUT2D eigenvalue weighted by Gasteiger charge is 2.49. The minimum atomic E-state index is -0.725. The number of fused-ring (bicyclic) bond motifs is 3. The van der Waals surface area contributed by atoms with Gasteiger partial charge in [-0.15, -0.1) is 0 Å². The lowest BCUT2D eigenvalue weighted by Crippen LogP contribution is -2.66. The van der Waals surface area contributed by atoms with Crippen molar-refractivity contribution in [2.24, 2.45) is 0 Å². The SMILES string of the molecule is CC[C@]12COCCN1c1nc(-c3ccncc3-c3ccccc3)ncc1NC2=O. The molecule has 0 bridgehead atoms. The number of nitrogens with zero attached hydrogens (tertiary/aromatic N) is 4. The van der Waals surface area contributed by atoms with Gasteiger partial charge in [0, 0.05) is 30.1 Å². The molecular weight excluding hydrogens is 366 g/mol. The number of hydrogen-bond acceptors (Lipinski definition) is 6. The second-order valence-electron chi connectivity index (χ2n) is 7.26. The summed E-state index contributed by atoms with van der Waals surface area (Å²) in [6, 6.07) is 12.0. The largest absolute Gasteiger partial charge is 0.377 e. The van der Waals surface area contributed by atoms with E-state index >= 15 is 0 Å². The summed E-state index contributed by atoms with van der Waals surface area (Å²) in [6.45, 7) is 3.55. The van der Waals surface area contributed by atoms with Gasteiger partial charge >= 0.3 is 0 Å². The van der Waals surface area contributed by atoms with Crippen LogP contribution >= 0.6 is 0 Å². The van der Waals surface area contributed by atoms with E-state index in [0.29, 0.717) is 37.7 Å². The predicted molar refractivity (Wildman–Crippen MR) is 111 cm³/mol. The van der Waals surface area contributed by atoms with Crippen LogP contribution in [-0.2, 0) is 9.53 Å². The Morgan fingerprint density at radius 3 is 2.86 bits per heavy atom. The maximum Gasteiger partial charge on any atom is 0.252 e. The van der Waals surface area contributed by atoms with Gasteiger partial charge in [-0.3, -0.25) is 9.78 Å². The molecule has 1 aromatic carbocycles. The third kappa shape index (κ3) is 2.77. The molecule has 2 aromatic heterocycles. The molecule has 5 rings (SSSR count). The van der Waals surface area contributed by atoms with Gasteiger partial charge in [-0.25, -0.2) is 9.97 Å². The van der Waals surface area contributed by atoms with Gasteiger partial charge in [0.15, 0.2) is 11.6 Å². The predicted octanol–water partition coefficient (Wildman–Crippen LogP) is 3.14. The van der Waals surface area contributed by atoms with Crippen molar-refractivity contribution in [1.82, 2.24) is 15.0 Å². The number of rotatable bonds is 3. The van der Waals surface area contributed by atoms with Gasteiger partial charge in [-0.2, -0.15) is 0 Å². The fourth-order valence-electron chi connectivity index (χ4n) is 4.11. The molecule has 3 aromatic rings.